The second-order valence-electron chi connectivity index (χ2n) is 13.9. The standard InChI is InChI=1S/C38H76NO2/c1-5-7-9-11-13-15-17-19-21-23-25-27-29-31-37(40)33-35-39(3,4)36-34-38(41)32-30-28-26-24-22-20-18-16-14-12-10-8-6-2/h5-36H2,1-4H3/q+1. The molecule has 0 N–H and O–H groups in total. The van der Waals surface area contributed by atoms with Gasteiger partial charge in [-0.3, -0.25) is 9.59 Å². The maximum absolute atomic E-state index is 12.4. The Hall–Kier alpha value is -0.700. The fourth-order valence-corrected chi connectivity index (χ4v) is 5.90. The predicted octanol–water partition coefficient (Wildman–Crippen LogP) is 11.9. The zero-order valence-corrected chi connectivity index (χ0v) is 28.9. The van der Waals surface area contributed by atoms with Gasteiger partial charge in [-0.05, 0) is 12.8 Å². The van der Waals surface area contributed by atoms with Crippen LogP contribution < -0.4 is 0 Å². The molecule has 0 aromatic heterocycles. The lowest BCUT2D eigenvalue weighted by Gasteiger charge is -2.29. The van der Waals surface area contributed by atoms with Crippen LogP contribution in [-0.2, 0) is 9.59 Å². The van der Waals surface area contributed by atoms with Crippen LogP contribution in [0.15, 0.2) is 0 Å². The van der Waals surface area contributed by atoms with Gasteiger partial charge >= 0.3 is 0 Å². The third-order valence-electron chi connectivity index (χ3n) is 9.11. The molecule has 0 atom stereocenters. The van der Waals surface area contributed by atoms with Crippen molar-refractivity contribution in [2.45, 2.75) is 206 Å². The van der Waals surface area contributed by atoms with E-state index in [-0.39, 0.29) is 0 Å². The molecule has 0 aromatic rings. The Morgan fingerprint density at radius 3 is 0.805 bits per heavy atom. The molecule has 0 aliphatic heterocycles. The van der Waals surface area contributed by atoms with Crippen LogP contribution in [-0.4, -0.2) is 43.2 Å². The number of hydrogen-bond acceptors (Lipinski definition) is 2. The molecule has 0 unspecified atom stereocenters. The van der Waals surface area contributed by atoms with E-state index in [1.54, 1.807) is 0 Å². The maximum Gasteiger partial charge on any atom is 0.138 e. The average molecular weight is 579 g/mol. The van der Waals surface area contributed by atoms with Crippen LogP contribution in [0, 0.1) is 0 Å². The van der Waals surface area contributed by atoms with Gasteiger partial charge in [0.1, 0.15) is 11.6 Å². The fraction of sp³-hybridized carbons (Fsp3) is 0.947. The van der Waals surface area contributed by atoms with Crippen molar-refractivity contribution in [3.63, 3.8) is 0 Å². The Balaban J connectivity index is 3.53. The SMILES string of the molecule is CCCCCCCCCCCCCCCC(=O)CC[N+](C)(C)CCC(=O)CCCCCCCCCCCCCCC. The van der Waals surface area contributed by atoms with Gasteiger partial charge in [-0.1, -0.05) is 168 Å². The van der Waals surface area contributed by atoms with Crippen LogP contribution in [0.1, 0.15) is 206 Å². The lowest BCUT2D eigenvalue weighted by Crippen LogP contribution is -2.42. The topological polar surface area (TPSA) is 34.1 Å². The maximum atomic E-state index is 12.4. The molecule has 244 valence electrons. The summed E-state index contributed by atoms with van der Waals surface area (Å²) in [5, 5.41) is 0. The lowest BCUT2D eigenvalue weighted by atomic mass is 10.0. The van der Waals surface area contributed by atoms with Crippen molar-refractivity contribution in [1.82, 2.24) is 0 Å². The molecule has 3 heteroatoms. The first-order valence-electron chi connectivity index (χ1n) is 18.8. The summed E-state index contributed by atoms with van der Waals surface area (Å²) in [6, 6.07) is 0. The average Bonchev–Trinajstić information content (AvgIpc) is 2.96. The van der Waals surface area contributed by atoms with Gasteiger partial charge in [-0.2, -0.15) is 0 Å². The van der Waals surface area contributed by atoms with E-state index in [1.807, 2.05) is 0 Å². The van der Waals surface area contributed by atoms with Crippen molar-refractivity contribution in [3.05, 3.63) is 0 Å². The molecule has 0 aliphatic rings. The van der Waals surface area contributed by atoms with Crippen LogP contribution >= 0.6 is 0 Å². The number of carbonyl (C=O) groups is 2. The molecule has 0 saturated carbocycles. The van der Waals surface area contributed by atoms with Gasteiger partial charge in [0, 0.05) is 12.8 Å². The molecular weight excluding hydrogens is 502 g/mol. The number of ketones is 2. The van der Waals surface area contributed by atoms with Crippen molar-refractivity contribution < 1.29 is 14.1 Å². The molecule has 0 radical (unpaired) electrons. The quantitative estimate of drug-likeness (QED) is 0.0562. The summed E-state index contributed by atoms with van der Waals surface area (Å²) in [5.74, 6) is 0.829. The summed E-state index contributed by atoms with van der Waals surface area (Å²) in [7, 11) is 4.36. The number of hydrogen-bond donors (Lipinski definition) is 0. The molecule has 3 nitrogen and oxygen atoms in total. The third kappa shape index (κ3) is 32.1. The Kier molecular flexibility index (Phi) is 30.2. The molecule has 0 saturated heterocycles. The van der Waals surface area contributed by atoms with E-state index in [4.69, 9.17) is 0 Å². The van der Waals surface area contributed by atoms with E-state index < -0.39 is 0 Å². The Bertz CT molecular complexity index is 523. The van der Waals surface area contributed by atoms with E-state index in [2.05, 4.69) is 27.9 Å². The number of carbonyl (C=O) groups excluding carboxylic acids is 2. The van der Waals surface area contributed by atoms with E-state index in [0.717, 1.165) is 43.3 Å². The van der Waals surface area contributed by atoms with Crippen molar-refractivity contribution in [2.24, 2.45) is 0 Å². The number of unbranched alkanes of at least 4 members (excludes halogenated alkanes) is 24. The second kappa shape index (κ2) is 30.7. The summed E-state index contributed by atoms with van der Waals surface area (Å²) in [4.78, 5) is 24.8. The lowest BCUT2D eigenvalue weighted by molar-refractivity contribution is -0.889. The molecule has 0 aromatic carbocycles. The summed E-state index contributed by atoms with van der Waals surface area (Å²) in [5.41, 5.74) is 0. The van der Waals surface area contributed by atoms with Gasteiger partial charge in [0.25, 0.3) is 0 Å². The van der Waals surface area contributed by atoms with E-state index in [9.17, 15) is 9.59 Å². The molecule has 0 bridgehead atoms. The van der Waals surface area contributed by atoms with Gasteiger partial charge in [0.15, 0.2) is 0 Å². The zero-order valence-electron chi connectivity index (χ0n) is 28.9. The van der Waals surface area contributed by atoms with Gasteiger partial charge in [0.05, 0.1) is 40.0 Å². The van der Waals surface area contributed by atoms with Crippen LogP contribution in [0.4, 0.5) is 0 Å². The van der Waals surface area contributed by atoms with Crippen molar-refractivity contribution in [3.8, 4) is 0 Å². The van der Waals surface area contributed by atoms with Gasteiger partial charge in [-0.15, -0.1) is 0 Å². The molecular formula is C38H76NO2+. The minimum absolute atomic E-state index is 0.414. The van der Waals surface area contributed by atoms with Gasteiger partial charge in [-0.25, -0.2) is 0 Å². The van der Waals surface area contributed by atoms with Gasteiger partial charge < -0.3 is 4.48 Å². The van der Waals surface area contributed by atoms with Gasteiger partial charge in [0.2, 0.25) is 0 Å². The molecule has 41 heavy (non-hydrogen) atoms. The summed E-state index contributed by atoms with van der Waals surface area (Å²) >= 11 is 0. The minimum Gasteiger partial charge on any atom is -0.328 e. The highest BCUT2D eigenvalue weighted by Crippen LogP contribution is 2.15. The highest BCUT2D eigenvalue weighted by atomic mass is 16.1. The second-order valence-corrected chi connectivity index (χ2v) is 13.9. The smallest absolute Gasteiger partial charge is 0.138 e. The third-order valence-corrected chi connectivity index (χ3v) is 9.11. The molecule has 0 rings (SSSR count). The Morgan fingerprint density at radius 2 is 0.561 bits per heavy atom. The number of nitrogens with zero attached hydrogens (tertiary/aromatic N) is 1. The number of Topliss-reactive ketones (excluding diaryl/α,β-unsaturated/α-hetero) is 2. The van der Waals surface area contributed by atoms with Crippen molar-refractivity contribution >= 4 is 11.6 Å². The molecule has 0 heterocycles. The molecule has 0 aliphatic carbocycles. The van der Waals surface area contributed by atoms with E-state index in [0.29, 0.717) is 24.4 Å². The zero-order chi connectivity index (χ0) is 30.3. The fourth-order valence-electron chi connectivity index (χ4n) is 5.90. The van der Waals surface area contributed by atoms with Crippen LogP contribution in [0.3, 0.4) is 0 Å². The highest BCUT2D eigenvalue weighted by Gasteiger charge is 2.18. The summed E-state index contributed by atoms with van der Waals surface area (Å²) in [6.07, 6.45) is 37.8. The van der Waals surface area contributed by atoms with E-state index in [1.165, 1.54) is 154 Å². The van der Waals surface area contributed by atoms with Crippen molar-refractivity contribution in [1.29, 1.82) is 0 Å². The summed E-state index contributed by atoms with van der Waals surface area (Å²) < 4.78 is 0.786. The molecule has 0 spiro atoms. The van der Waals surface area contributed by atoms with Crippen molar-refractivity contribution in [2.75, 3.05) is 27.2 Å². The van der Waals surface area contributed by atoms with Crippen LogP contribution in [0.2, 0.25) is 0 Å². The number of quaternary nitrogens is 1. The Labute approximate surface area is 259 Å². The first-order valence-corrected chi connectivity index (χ1v) is 18.8. The normalized spacial score (nSPS) is 11.8. The van der Waals surface area contributed by atoms with E-state index >= 15 is 0 Å². The first kappa shape index (κ1) is 40.3. The predicted molar refractivity (Wildman–Crippen MR) is 182 cm³/mol. The minimum atomic E-state index is 0.414. The largest absolute Gasteiger partial charge is 0.328 e. The molecule has 0 amide bonds. The summed E-state index contributed by atoms with van der Waals surface area (Å²) in [6.45, 7) is 6.29. The molecule has 0 fully saturated rings. The number of rotatable bonds is 34. The highest BCUT2D eigenvalue weighted by molar-refractivity contribution is 5.78. The van der Waals surface area contributed by atoms with Crippen LogP contribution in [0.25, 0.3) is 0 Å². The first-order chi connectivity index (χ1) is 19.9. The van der Waals surface area contributed by atoms with Crippen LogP contribution in [0.5, 0.6) is 0 Å². The monoisotopic (exact) mass is 579 g/mol. The Morgan fingerprint density at radius 1 is 0.341 bits per heavy atom.